The number of methoxy groups -OCH3 is 1. The van der Waals surface area contributed by atoms with Crippen LogP contribution in [0.1, 0.15) is 25.1 Å². The number of rotatable bonds is 3. The van der Waals surface area contributed by atoms with Crippen LogP contribution in [0.3, 0.4) is 0 Å². The molecule has 0 spiro atoms. The number of aromatic nitrogens is 1. The Labute approximate surface area is 161 Å². The topological polar surface area (TPSA) is 69.5 Å². The zero-order valence-electron chi connectivity index (χ0n) is 15.3. The van der Waals surface area contributed by atoms with Crippen LogP contribution in [0.15, 0.2) is 30.5 Å². The van der Waals surface area contributed by atoms with Crippen molar-refractivity contribution >= 4 is 34.6 Å². The second kappa shape index (κ2) is 6.59. The molecule has 27 heavy (non-hydrogen) atoms. The maximum Gasteiger partial charge on any atom is 0.259 e. The second-order valence-electron chi connectivity index (χ2n) is 6.57. The first-order valence-electron chi connectivity index (χ1n) is 8.12. The first kappa shape index (κ1) is 18.7. The van der Waals surface area contributed by atoms with E-state index in [2.05, 4.69) is 4.98 Å². The number of carbonyl (C=O) groups is 1. The van der Waals surface area contributed by atoms with Gasteiger partial charge in [-0.25, -0.2) is 4.39 Å². The van der Waals surface area contributed by atoms with E-state index in [-0.39, 0.29) is 22.1 Å². The molecule has 1 fully saturated rings. The summed E-state index contributed by atoms with van der Waals surface area (Å²) in [6.07, 6.45) is 1.62. The summed E-state index contributed by atoms with van der Waals surface area (Å²) in [6.45, 7) is 5.27. The fraction of sp³-hybridized carbons (Fsp3) is 0.263. The van der Waals surface area contributed by atoms with Crippen molar-refractivity contribution in [3.05, 3.63) is 47.5 Å². The van der Waals surface area contributed by atoms with E-state index in [9.17, 15) is 9.18 Å². The van der Waals surface area contributed by atoms with Crippen LogP contribution in [0.5, 0.6) is 5.75 Å². The third-order valence-corrected chi connectivity index (χ3v) is 4.83. The average molecular weight is 384 g/mol. The van der Waals surface area contributed by atoms with Gasteiger partial charge in [0.05, 0.1) is 30.2 Å². The lowest BCUT2D eigenvalue weighted by atomic mass is 10.0. The molecule has 0 saturated carbocycles. The molecule has 138 valence electrons. The fourth-order valence-corrected chi connectivity index (χ4v) is 3.55. The van der Waals surface area contributed by atoms with Crippen molar-refractivity contribution < 1.29 is 13.9 Å². The van der Waals surface area contributed by atoms with Gasteiger partial charge in [0.15, 0.2) is 16.7 Å². The van der Waals surface area contributed by atoms with E-state index < -0.39 is 17.3 Å². The lowest BCUT2D eigenvalue weighted by molar-refractivity contribution is -0.120. The Morgan fingerprint density at radius 3 is 2.56 bits per heavy atom. The molecule has 2 aromatic rings. The van der Waals surface area contributed by atoms with Crippen molar-refractivity contribution in [2.45, 2.75) is 26.3 Å². The van der Waals surface area contributed by atoms with Crippen LogP contribution in [0.2, 0.25) is 0 Å². The number of amides is 1. The molecule has 1 aromatic carbocycles. The molecular weight excluding hydrogens is 367 g/mol. The van der Waals surface area contributed by atoms with E-state index in [4.69, 9.17) is 22.2 Å². The van der Waals surface area contributed by atoms with Gasteiger partial charge < -0.3 is 9.64 Å². The minimum Gasteiger partial charge on any atom is -0.492 e. The van der Waals surface area contributed by atoms with Crippen LogP contribution in [0.25, 0.3) is 0 Å². The van der Waals surface area contributed by atoms with Crippen LogP contribution in [-0.4, -0.2) is 28.7 Å². The SMILES string of the molecule is COc1c(C#N)ccc(N2C(=O)C(C)(C)N(c3ccc(C)nc3)C2=S)c1F. The number of aryl methyl sites for hydroxylation is 1. The molecule has 6 nitrogen and oxygen atoms in total. The van der Waals surface area contributed by atoms with Crippen molar-refractivity contribution in [3.63, 3.8) is 0 Å². The van der Waals surface area contributed by atoms with Crippen molar-refractivity contribution in [3.8, 4) is 11.8 Å². The number of carbonyl (C=O) groups excluding carboxylic acids is 1. The molecular formula is C19H17FN4O2S. The van der Waals surface area contributed by atoms with Crippen LogP contribution >= 0.6 is 12.2 Å². The molecule has 0 atom stereocenters. The van der Waals surface area contributed by atoms with Gasteiger partial charge in [0.2, 0.25) is 0 Å². The van der Waals surface area contributed by atoms with Crippen molar-refractivity contribution in [1.29, 1.82) is 5.26 Å². The zero-order valence-corrected chi connectivity index (χ0v) is 16.1. The number of nitrogens with zero attached hydrogens (tertiary/aromatic N) is 4. The van der Waals surface area contributed by atoms with Crippen molar-refractivity contribution in [1.82, 2.24) is 4.98 Å². The zero-order chi connectivity index (χ0) is 19.9. The number of thiocarbonyl (C=S) groups is 1. The van der Waals surface area contributed by atoms with Crippen LogP contribution in [0, 0.1) is 24.1 Å². The number of ether oxygens (including phenoxy) is 1. The summed E-state index contributed by atoms with van der Waals surface area (Å²) in [5.74, 6) is -1.43. The Morgan fingerprint density at radius 2 is 2.00 bits per heavy atom. The number of hydrogen-bond donors (Lipinski definition) is 0. The first-order chi connectivity index (χ1) is 12.7. The van der Waals surface area contributed by atoms with Gasteiger partial charge in [-0.2, -0.15) is 5.26 Å². The Balaban J connectivity index is 2.13. The van der Waals surface area contributed by atoms with Gasteiger partial charge in [-0.05, 0) is 57.3 Å². The van der Waals surface area contributed by atoms with Gasteiger partial charge in [-0.1, -0.05) is 0 Å². The predicted octanol–water partition coefficient (Wildman–Crippen LogP) is 3.33. The highest BCUT2D eigenvalue weighted by molar-refractivity contribution is 7.81. The minimum atomic E-state index is -1.04. The van der Waals surface area contributed by atoms with Gasteiger partial charge in [0, 0.05) is 5.69 Å². The third-order valence-electron chi connectivity index (χ3n) is 4.46. The lowest BCUT2D eigenvalue weighted by Crippen LogP contribution is -2.44. The Hall–Kier alpha value is -3.05. The molecule has 3 rings (SSSR count). The molecule has 0 aliphatic carbocycles. The third kappa shape index (κ3) is 2.80. The van der Waals surface area contributed by atoms with E-state index in [1.807, 2.05) is 25.1 Å². The van der Waals surface area contributed by atoms with Crippen molar-refractivity contribution in [2.75, 3.05) is 16.9 Å². The highest BCUT2D eigenvalue weighted by Gasteiger charge is 2.51. The van der Waals surface area contributed by atoms with Gasteiger partial charge in [-0.3, -0.25) is 14.7 Å². The number of pyridine rings is 1. The molecule has 1 aliphatic rings. The van der Waals surface area contributed by atoms with Crippen molar-refractivity contribution in [2.24, 2.45) is 0 Å². The molecule has 1 amide bonds. The summed E-state index contributed by atoms with van der Waals surface area (Å²) < 4.78 is 20.0. The normalized spacial score (nSPS) is 15.9. The van der Waals surface area contributed by atoms with E-state index in [1.54, 1.807) is 24.9 Å². The molecule has 0 bridgehead atoms. The fourth-order valence-electron chi connectivity index (χ4n) is 3.04. The lowest BCUT2D eigenvalue weighted by Gasteiger charge is -2.29. The maximum atomic E-state index is 15.0. The van der Waals surface area contributed by atoms with Crippen LogP contribution in [-0.2, 0) is 4.79 Å². The molecule has 1 aromatic heterocycles. The largest absolute Gasteiger partial charge is 0.492 e. The number of anilines is 2. The van der Waals surface area contributed by atoms with Gasteiger partial charge >= 0.3 is 0 Å². The molecule has 0 N–H and O–H groups in total. The molecule has 1 saturated heterocycles. The van der Waals surface area contributed by atoms with Gasteiger partial charge in [0.25, 0.3) is 5.91 Å². The van der Waals surface area contributed by atoms with Gasteiger partial charge in [0.1, 0.15) is 11.6 Å². The predicted molar refractivity (Wildman–Crippen MR) is 103 cm³/mol. The Bertz CT molecular complexity index is 982. The number of hydrogen-bond acceptors (Lipinski definition) is 5. The van der Waals surface area contributed by atoms with E-state index >= 15 is 0 Å². The molecule has 8 heteroatoms. The second-order valence-corrected chi connectivity index (χ2v) is 6.93. The van der Waals surface area contributed by atoms with E-state index in [0.29, 0.717) is 5.69 Å². The van der Waals surface area contributed by atoms with Gasteiger partial charge in [-0.15, -0.1) is 0 Å². The highest BCUT2D eigenvalue weighted by Crippen LogP contribution is 2.39. The van der Waals surface area contributed by atoms with Crippen LogP contribution < -0.4 is 14.5 Å². The number of nitriles is 1. The Kier molecular flexibility index (Phi) is 4.57. The Morgan fingerprint density at radius 1 is 1.30 bits per heavy atom. The molecule has 1 aliphatic heterocycles. The average Bonchev–Trinajstić information content (AvgIpc) is 2.81. The standard InChI is InChI=1S/C19H17FN4O2S/c1-11-5-7-13(10-22-11)24-18(27)23(17(25)19(24,2)3)14-8-6-12(9-21)16(26-4)15(14)20/h5-8,10H,1-4H3. The van der Waals surface area contributed by atoms with E-state index in [1.165, 1.54) is 19.2 Å². The van der Waals surface area contributed by atoms with Crippen LogP contribution in [0.4, 0.5) is 15.8 Å². The number of halogens is 1. The monoisotopic (exact) mass is 384 g/mol. The summed E-state index contributed by atoms with van der Waals surface area (Å²) in [5.41, 5.74) is 0.397. The summed E-state index contributed by atoms with van der Waals surface area (Å²) in [4.78, 5) is 20.1. The summed E-state index contributed by atoms with van der Waals surface area (Å²) in [6, 6.07) is 8.24. The first-order valence-corrected chi connectivity index (χ1v) is 8.52. The quantitative estimate of drug-likeness (QED) is 0.756. The molecule has 0 unspecified atom stereocenters. The van der Waals surface area contributed by atoms with E-state index in [0.717, 1.165) is 10.6 Å². The smallest absolute Gasteiger partial charge is 0.259 e. The summed E-state index contributed by atoms with van der Waals surface area (Å²) in [5, 5.41) is 9.24. The molecule has 2 heterocycles. The minimum absolute atomic E-state index is 0.0372. The number of benzene rings is 1. The summed E-state index contributed by atoms with van der Waals surface area (Å²) >= 11 is 5.52. The highest BCUT2D eigenvalue weighted by atomic mass is 32.1. The molecule has 0 radical (unpaired) electrons. The maximum absolute atomic E-state index is 15.0. The summed E-state index contributed by atoms with van der Waals surface area (Å²) in [7, 11) is 1.27.